The van der Waals surface area contributed by atoms with E-state index in [1.54, 1.807) is 31.1 Å². The van der Waals surface area contributed by atoms with Crippen LogP contribution in [0.2, 0.25) is 0 Å². The molecule has 0 spiro atoms. The van der Waals surface area contributed by atoms with Gasteiger partial charge in [0, 0.05) is 24.8 Å². The lowest BCUT2D eigenvalue weighted by atomic mass is 10.1. The van der Waals surface area contributed by atoms with Gasteiger partial charge in [-0.05, 0) is 26.8 Å². The molecule has 5 heteroatoms. The highest BCUT2D eigenvalue weighted by Crippen LogP contribution is 2.22. The minimum atomic E-state index is -0.607. The number of aromatic nitrogens is 1. The number of nitrogens with one attached hydrogen (secondary N) is 1. The number of rotatable bonds is 5. The van der Waals surface area contributed by atoms with E-state index in [0.717, 1.165) is 5.56 Å². The molecular formula is C13H21N3O2. The van der Waals surface area contributed by atoms with Gasteiger partial charge in [-0.25, -0.2) is 4.98 Å². The first-order valence-electron chi connectivity index (χ1n) is 6.05. The van der Waals surface area contributed by atoms with E-state index in [1.165, 1.54) is 0 Å². The highest BCUT2D eigenvalue weighted by Gasteiger charge is 2.15. The third-order valence-electron chi connectivity index (χ3n) is 2.46. The van der Waals surface area contributed by atoms with Crippen LogP contribution in [0.25, 0.3) is 0 Å². The SMILES string of the molecule is CC(C)NC(=O)CN(C)c1ncccc1[C@H](C)O. The van der Waals surface area contributed by atoms with Crippen molar-refractivity contribution in [1.82, 2.24) is 10.3 Å². The van der Waals surface area contributed by atoms with Gasteiger partial charge in [-0.1, -0.05) is 6.07 Å². The molecule has 1 atom stereocenters. The number of carbonyl (C=O) groups is 1. The molecule has 1 aromatic heterocycles. The molecule has 18 heavy (non-hydrogen) atoms. The zero-order valence-electron chi connectivity index (χ0n) is 11.3. The molecule has 0 aliphatic heterocycles. The van der Waals surface area contributed by atoms with Crippen molar-refractivity contribution < 1.29 is 9.90 Å². The van der Waals surface area contributed by atoms with Gasteiger partial charge < -0.3 is 15.3 Å². The molecule has 0 saturated heterocycles. The van der Waals surface area contributed by atoms with Crippen molar-refractivity contribution in [3.05, 3.63) is 23.9 Å². The van der Waals surface area contributed by atoms with Gasteiger partial charge in [-0.15, -0.1) is 0 Å². The summed E-state index contributed by atoms with van der Waals surface area (Å²) < 4.78 is 0. The third kappa shape index (κ3) is 4.00. The Hall–Kier alpha value is -1.62. The average molecular weight is 251 g/mol. The largest absolute Gasteiger partial charge is 0.389 e. The van der Waals surface area contributed by atoms with Crippen LogP contribution >= 0.6 is 0 Å². The van der Waals surface area contributed by atoms with Gasteiger partial charge in [-0.2, -0.15) is 0 Å². The van der Waals surface area contributed by atoms with Crippen molar-refractivity contribution >= 4 is 11.7 Å². The fourth-order valence-corrected chi connectivity index (χ4v) is 1.71. The van der Waals surface area contributed by atoms with Crippen molar-refractivity contribution in [2.24, 2.45) is 0 Å². The fraction of sp³-hybridized carbons (Fsp3) is 0.538. The van der Waals surface area contributed by atoms with Crippen molar-refractivity contribution in [3.8, 4) is 0 Å². The molecular weight excluding hydrogens is 230 g/mol. The fourth-order valence-electron chi connectivity index (χ4n) is 1.71. The summed E-state index contributed by atoms with van der Waals surface area (Å²) in [6, 6.07) is 3.70. The van der Waals surface area contributed by atoms with E-state index in [-0.39, 0.29) is 18.5 Å². The molecule has 0 aliphatic carbocycles. The molecule has 5 nitrogen and oxygen atoms in total. The van der Waals surface area contributed by atoms with Crippen LogP contribution in [-0.4, -0.2) is 35.6 Å². The van der Waals surface area contributed by atoms with Crippen LogP contribution in [0.3, 0.4) is 0 Å². The molecule has 100 valence electrons. The zero-order valence-corrected chi connectivity index (χ0v) is 11.3. The van der Waals surface area contributed by atoms with Crippen molar-refractivity contribution in [1.29, 1.82) is 0 Å². The topological polar surface area (TPSA) is 65.5 Å². The predicted octanol–water partition coefficient (Wildman–Crippen LogP) is 1.10. The standard InChI is InChI=1S/C13H21N3O2/c1-9(2)15-12(18)8-16(4)13-11(10(3)17)6-5-7-14-13/h5-7,9-10,17H,8H2,1-4H3,(H,15,18)/t10-/m0/s1. The highest BCUT2D eigenvalue weighted by molar-refractivity contribution is 5.81. The number of amides is 1. The quantitative estimate of drug-likeness (QED) is 0.822. The average Bonchev–Trinajstić information content (AvgIpc) is 2.27. The summed E-state index contributed by atoms with van der Waals surface area (Å²) in [5, 5.41) is 12.5. The smallest absolute Gasteiger partial charge is 0.239 e. The van der Waals surface area contributed by atoms with Crippen LogP contribution in [0.15, 0.2) is 18.3 Å². The Morgan fingerprint density at radius 2 is 2.17 bits per heavy atom. The molecule has 2 N–H and O–H groups in total. The predicted molar refractivity (Wildman–Crippen MR) is 71.4 cm³/mol. The lowest BCUT2D eigenvalue weighted by molar-refractivity contribution is -0.120. The van der Waals surface area contributed by atoms with Crippen molar-refractivity contribution in [3.63, 3.8) is 0 Å². The van der Waals surface area contributed by atoms with Crippen LogP contribution in [-0.2, 0) is 4.79 Å². The first kappa shape index (κ1) is 14.4. The van der Waals surface area contributed by atoms with Gasteiger partial charge in [-0.3, -0.25) is 4.79 Å². The Morgan fingerprint density at radius 3 is 2.72 bits per heavy atom. The molecule has 0 aliphatic rings. The first-order chi connectivity index (χ1) is 8.41. The number of hydrogen-bond donors (Lipinski definition) is 2. The summed E-state index contributed by atoms with van der Waals surface area (Å²) in [6.45, 7) is 5.73. The van der Waals surface area contributed by atoms with E-state index in [0.29, 0.717) is 5.82 Å². The monoisotopic (exact) mass is 251 g/mol. The molecule has 0 fully saturated rings. The molecule has 1 rings (SSSR count). The number of aliphatic hydroxyl groups is 1. The summed E-state index contributed by atoms with van der Waals surface area (Å²) in [5.41, 5.74) is 0.720. The zero-order chi connectivity index (χ0) is 13.7. The van der Waals surface area contributed by atoms with Crippen LogP contribution in [0.1, 0.15) is 32.4 Å². The summed E-state index contributed by atoms with van der Waals surface area (Å²) in [4.78, 5) is 17.6. The van der Waals surface area contributed by atoms with Gasteiger partial charge in [0.15, 0.2) is 0 Å². The van der Waals surface area contributed by atoms with Crippen LogP contribution in [0.4, 0.5) is 5.82 Å². The van der Waals surface area contributed by atoms with Gasteiger partial charge in [0.1, 0.15) is 5.82 Å². The van der Waals surface area contributed by atoms with Gasteiger partial charge >= 0.3 is 0 Å². The summed E-state index contributed by atoms with van der Waals surface area (Å²) in [7, 11) is 1.79. The summed E-state index contributed by atoms with van der Waals surface area (Å²) >= 11 is 0. The number of aliphatic hydroxyl groups excluding tert-OH is 1. The van der Waals surface area contributed by atoms with Gasteiger partial charge in [0.25, 0.3) is 0 Å². The maximum atomic E-state index is 11.7. The number of hydrogen-bond acceptors (Lipinski definition) is 4. The van der Waals surface area contributed by atoms with Crippen LogP contribution < -0.4 is 10.2 Å². The Morgan fingerprint density at radius 1 is 1.50 bits per heavy atom. The second-order valence-electron chi connectivity index (χ2n) is 4.67. The first-order valence-corrected chi connectivity index (χ1v) is 6.05. The van der Waals surface area contributed by atoms with Crippen LogP contribution in [0.5, 0.6) is 0 Å². The lowest BCUT2D eigenvalue weighted by Crippen LogP contribution is -2.39. The molecule has 0 aromatic carbocycles. The third-order valence-corrected chi connectivity index (χ3v) is 2.46. The second kappa shape index (κ2) is 6.35. The molecule has 0 unspecified atom stereocenters. The van der Waals surface area contributed by atoms with E-state index in [4.69, 9.17) is 0 Å². The summed E-state index contributed by atoms with van der Waals surface area (Å²) in [5.74, 6) is 0.570. The van der Waals surface area contributed by atoms with Gasteiger partial charge in [0.05, 0.1) is 12.6 Å². The van der Waals surface area contributed by atoms with E-state index in [9.17, 15) is 9.90 Å². The minimum Gasteiger partial charge on any atom is -0.389 e. The lowest BCUT2D eigenvalue weighted by Gasteiger charge is -2.22. The van der Waals surface area contributed by atoms with E-state index in [1.807, 2.05) is 19.9 Å². The number of anilines is 1. The molecule has 0 bridgehead atoms. The Balaban J connectivity index is 2.78. The normalized spacial score (nSPS) is 12.3. The van der Waals surface area contributed by atoms with Crippen molar-refractivity contribution in [2.45, 2.75) is 32.9 Å². The van der Waals surface area contributed by atoms with E-state index < -0.39 is 6.10 Å². The Bertz CT molecular complexity index is 405. The molecule has 1 aromatic rings. The van der Waals surface area contributed by atoms with E-state index >= 15 is 0 Å². The summed E-state index contributed by atoms with van der Waals surface area (Å²) in [6.07, 6.45) is 1.04. The number of likely N-dealkylation sites (N-methyl/N-ethyl adjacent to an activating group) is 1. The maximum absolute atomic E-state index is 11.7. The molecule has 1 heterocycles. The molecule has 0 saturated carbocycles. The van der Waals surface area contributed by atoms with Gasteiger partial charge in [0.2, 0.25) is 5.91 Å². The Labute approximate surface area is 108 Å². The van der Waals surface area contributed by atoms with Crippen LogP contribution in [0, 0.1) is 0 Å². The molecule has 0 radical (unpaired) electrons. The molecule has 1 amide bonds. The Kier molecular flexibility index (Phi) is 5.09. The number of carbonyl (C=O) groups excluding carboxylic acids is 1. The minimum absolute atomic E-state index is 0.0605. The van der Waals surface area contributed by atoms with Crippen molar-refractivity contribution in [2.75, 3.05) is 18.5 Å². The highest BCUT2D eigenvalue weighted by atomic mass is 16.3. The second-order valence-corrected chi connectivity index (χ2v) is 4.67. The van der Waals surface area contributed by atoms with E-state index in [2.05, 4.69) is 10.3 Å². The maximum Gasteiger partial charge on any atom is 0.239 e. The number of pyridine rings is 1. The number of nitrogens with zero attached hydrogens (tertiary/aromatic N) is 2.